The number of alkyl halides is 3. The summed E-state index contributed by atoms with van der Waals surface area (Å²) in [5, 5.41) is 19.1. The van der Waals surface area contributed by atoms with Gasteiger partial charge in [0.05, 0.1) is 50.7 Å². The smallest absolute Gasteiger partial charge is 0.391 e. The van der Waals surface area contributed by atoms with Crippen LogP contribution in [0, 0.1) is 29.9 Å². The van der Waals surface area contributed by atoms with E-state index < -0.39 is 70.3 Å². The highest BCUT2D eigenvalue weighted by molar-refractivity contribution is 7.13. The van der Waals surface area contributed by atoms with E-state index in [9.17, 15) is 46.6 Å². The number of rotatable bonds is 21. The molecule has 0 spiro atoms. The molecule has 2 aromatic heterocycles. The van der Waals surface area contributed by atoms with Crippen LogP contribution in [0.5, 0.6) is 0 Å². The van der Waals surface area contributed by atoms with E-state index in [1.807, 2.05) is 96.5 Å². The van der Waals surface area contributed by atoms with Crippen molar-refractivity contribution in [3.63, 3.8) is 0 Å². The number of benzene rings is 3. The minimum atomic E-state index is -5.03. The number of carbonyl (C=O) groups is 5. The van der Waals surface area contributed by atoms with Crippen LogP contribution in [0.25, 0.3) is 21.6 Å². The number of thiazole rings is 1. The highest BCUT2D eigenvalue weighted by Gasteiger charge is 2.43. The third-order valence-corrected chi connectivity index (χ3v) is 17.3. The summed E-state index contributed by atoms with van der Waals surface area (Å²) < 4.78 is 83.7. The summed E-state index contributed by atoms with van der Waals surface area (Å²) in [6.07, 6.45) is -2.32. The predicted octanol–water partition coefficient (Wildman–Crippen LogP) is 8.12. The third kappa shape index (κ3) is 16.7. The van der Waals surface area contributed by atoms with Gasteiger partial charge in [-0.15, -0.1) is 11.3 Å². The Balaban J connectivity index is 0.765. The zero-order valence-electron chi connectivity index (χ0n) is 50.5. The molecule has 7 atom stereocenters. The lowest BCUT2D eigenvalue weighted by Crippen LogP contribution is -2.56. The fourth-order valence-corrected chi connectivity index (χ4v) is 11.9. The minimum Gasteiger partial charge on any atom is -0.391 e. The molecule has 3 fully saturated rings. The Morgan fingerprint density at radius 2 is 1.49 bits per heavy atom. The number of piperazine rings is 2. The van der Waals surface area contributed by atoms with Gasteiger partial charge in [0.15, 0.2) is 0 Å². The molecule has 19 nitrogen and oxygen atoms in total. The summed E-state index contributed by atoms with van der Waals surface area (Å²) in [6.45, 7) is 17.6. The summed E-state index contributed by atoms with van der Waals surface area (Å²) in [5.74, 6) is -4.10. The van der Waals surface area contributed by atoms with Crippen LogP contribution in [-0.4, -0.2) is 174 Å². The lowest BCUT2D eigenvalue weighted by atomic mass is 9.85. The molecule has 4 N–H and O–H groups in total. The van der Waals surface area contributed by atoms with Gasteiger partial charge in [-0.25, -0.2) is 23.7 Å². The fourth-order valence-electron chi connectivity index (χ4n) is 11.1. The van der Waals surface area contributed by atoms with Crippen LogP contribution in [0.4, 0.5) is 39.3 Å². The molecule has 5 aromatic rings. The highest BCUT2D eigenvalue weighted by Crippen LogP contribution is 2.39. The molecule has 5 heterocycles. The van der Waals surface area contributed by atoms with Crippen LogP contribution >= 0.6 is 11.3 Å². The standard InChI is InChI=1S/C62H78F5N11O8S/c1-36(32-86-33-54(81)73-57(61(6,7)8)59(84)78-31-46(79)23-45(78)24-53(80)71-39(4)41-10-12-42(13-11-41)56-40(5)70-35-87-56)16-21-85-34-55(82)75-17-19-76(20-18-75)60-68-27-43(28-69-60)48-25-51(52(26-50(48)64)77-29-37(2)74(9)38(3)30-77)72-58(83)47-15-14-44(63)22-49(47)62(65,66)67/h10-15,22,25-28,35-39,45-46,57,79H,16-21,23-24,29-34H2,1-9H3,(H,71,80)(H,72,83)(H,73,81)/t36?,37-,38+,39-,45-,46+,57+/m0/s1. The van der Waals surface area contributed by atoms with Crippen molar-refractivity contribution in [1.82, 2.24) is 40.3 Å². The molecule has 3 saturated heterocycles. The lowest BCUT2D eigenvalue weighted by Gasteiger charge is -2.44. The van der Waals surface area contributed by atoms with Gasteiger partial charge >= 0.3 is 6.18 Å². The number of nitrogens with zero attached hydrogens (tertiary/aromatic N) is 8. The number of hydrogen-bond donors (Lipinski definition) is 4. The SMILES string of the molecule is Cc1ncsc1-c1ccc([C@H](C)NC(=O)C[C@@H]2C[C@@H](O)CN2C(=O)[C@@H](NC(=O)COCC(C)CCOCC(=O)N2CCN(c3ncc(-c4cc(NC(=O)c5ccc(F)cc5C(F)(F)F)c(N5C[C@@H](C)N(C)[C@@H](C)C5)cc4F)cn3)CC2)C(C)(C)C)cc1. The molecule has 3 aliphatic heterocycles. The molecule has 470 valence electrons. The Labute approximate surface area is 508 Å². The van der Waals surface area contributed by atoms with Crippen molar-refractivity contribution < 1.29 is 60.5 Å². The van der Waals surface area contributed by atoms with Crippen LogP contribution in [0.1, 0.15) is 101 Å². The largest absolute Gasteiger partial charge is 0.417 e. The third-order valence-electron chi connectivity index (χ3n) is 16.4. The first-order valence-electron chi connectivity index (χ1n) is 29.2. The number of ether oxygens (including phenoxy) is 2. The molecule has 87 heavy (non-hydrogen) atoms. The second-order valence-corrected chi connectivity index (χ2v) is 25.0. The normalized spacial score (nSPS) is 19.6. The predicted molar refractivity (Wildman–Crippen MR) is 321 cm³/mol. The van der Waals surface area contributed by atoms with Crippen molar-refractivity contribution >= 4 is 58.2 Å². The molecule has 1 unspecified atom stereocenters. The molecule has 0 bridgehead atoms. The van der Waals surface area contributed by atoms with Gasteiger partial charge in [0.1, 0.15) is 30.9 Å². The van der Waals surface area contributed by atoms with Crippen molar-refractivity contribution in [2.75, 3.05) is 94.4 Å². The molecule has 25 heteroatoms. The van der Waals surface area contributed by atoms with Crippen molar-refractivity contribution in [2.45, 2.75) is 117 Å². The summed E-state index contributed by atoms with van der Waals surface area (Å²) in [6, 6.07) is 10.5. The Hall–Kier alpha value is -7.19. The van der Waals surface area contributed by atoms with E-state index >= 15 is 4.39 Å². The first-order chi connectivity index (χ1) is 41.1. The second-order valence-electron chi connectivity index (χ2n) is 24.1. The molecule has 3 aromatic carbocycles. The van der Waals surface area contributed by atoms with Gasteiger partial charge in [-0.2, -0.15) is 13.2 Å². The maximum absolute atomic E-state index is 16.2. The number of aliphatic hydroxyl groups is 1. The second kappa shape index (κ2) is 28.3. The van der Waals surface area contributed by atoms with E-state index in [0.29, 0.717) is 51.6 Å². The molecular formula is C62H78F5N11O8S. The molecule has 0 saturated carbocycles. The Kier molecular flexibility index (Phi) is 21.4. The minimum absolute atomic E-state index is 0.0122. The van der Waals surface area contributed by atoms with Gasteiger partial charge in [-0.1, -0.05) is 52.0 Å². The van der Waals surface area contributed by atoms with Gasteiger partial charge in [-0.3, -0.25) is 28.9 Å². The number of hydrogen-bond acceptors (Lipinski definition) is 15. The van der Waals surface area contributed by atoms with E-state index in [1.54, 1.807) is 21.7 Å². The monoisotopic (exact) mass is 1230 g/mol. The lowest BCUT2D eigenvalue weighted by molar-refractivity contribution is -0.142. The quantitative estimate of drug-likeness (QED) is 0.0404. The number of anilines is 3. The van der Waals surface area contributed by atoms with Gasteiger partial charge in [0.25, 0.3) is 5.91 Å². The van der Waals surface area contributed by atoms with Crippen molar-refractivity contribution in [2.24, 2.45) is 11.3 Å². The number of aryl methyl sites for hydroxylation is 1. The van der Waals surface area contributed by atoms with E-state index in [4.69, 9.17) is 9.47 Å². The number of halogens is 5. The fraction of sp³-hybridized carbons (Fsp3) is 0.516. The van der Waals surface area contributed by atoms with Crippen molar-refractivity contribution in [3.8, 4) is 21.6 Å². The Morgan fingerprint density at radius 3 is 2.13 bits per heavy atom. The topological polar surface area (TPSA) is 215 Å². The van der Waals surface area contributed by atoms with Crippen LogP contribution in [-0.2, 0) is 34.8 Å². The number of aliphatic hydroxyl groups excluding tert-OH is 1. The van der Waals surface area contributed by atoms with Gasteiger partial charge in [-0.05, 0) is 100 Å². The molecular weight excluding hydrogens is 1150 g/mol. The molecule has 3 aliphatic rings. The van der Waals surface area contributed by atoms with Crippen LogP contribution in [0.15, 0.2) is 72.5 Å². The van der Waals surface area contributed by atoms with Crippen LogP contribution in [0.3, 0.4) is 0 Å². The van der Waals surface area contributed by atoms with E-state index in [2.05, 4.69) is 35.8 Å². The van der Waals surface area contributed by atoms with Crippen LogP contribution < -0.4 is 25.8 Å². The molecule has 8 rings (SSSR count). The van der Waals surface area contributed by atoms with E-state index in [-0.39, 0.29) is 110 Å². The summed E-state index contributed by atoms with van der Waals surface area (Å²) >= 11 is 1.57. The zero-order chi connectivity index (χ0) is 63.1. The number of likely N-dealkylation sites (N-methyl/N-ethyl adjacent to an activating group) is 1. The number of carbonyl (C=O) groups excluding carboxylic acids is 5. The maximum Gasteiger partial charge on any atom is 0.417 e. The van der Waals surface area contributed by atoms with Crippen molar-refractivity contribution in [3.05, 3.63) is 107 Å². The Bertz CT molecular complexity index is 3220. The van der Waals surface area contributed by atoms with Gasteiger partial charge in [0.2, 0.25) is 29.6 Å². The average molecular weight is 1230 g/mol. The number of likely N-dealkylation sites (tertiary alicyclic amines) is 1. The number of β-amino-alcohol motifs (C(OH)–C–C–N with tert-alkyl or cyclic N) is 1. The van der Waals surface area contributed by atoms with Gasteiger partial charge < -0.3 is 50.1 Å². The van der Waals surface area contributed by atoms with Crippen LogP contribution in [0.2, 0.25) is 0 Å². The molecule has 0 aliphatic carbocycles. The van der Waals surface area contributed by atoms with E-state index in [1.165, 1.54) is 29.4 Å². The Morgan fingerprint density at radius 1 is 0.816 bits per heavy atom. The number of amides is 5. The molecule has 5 amide bonds. The summed E-state index contributed by atoms with van der Waals surface area (Å²) in [5.41, 5.74) is 2.25. The average Bonchev–Trinajstić information content (AvgIpc) is 1.76. The first kappa shape index (κ1) is 65.8. The van der Waals surface area contributed by atoms with Crippen molar-refractivity contribution in [1.29, 1.82) is 0 Å². The number of aromatic nitrogens is 3. The zero-order valence-corrected chi connectivity index (χ0v) is 51.4. The van der Waals surface area contributed by atoms with E-state index in [0.717, 1.165) is 33.8 Å². The maximum atomic E-state index is 16.2. The van der Waals surface area contributed by atoms with Gasteiger partial charge in [0, 0.05) is 107 Å². The molecule has 0 radical (unpaired) electrons. The highest BCUT2D eigenvalue weighted by atomic mass is 32.1. The summed E-state index contributed by atoms with van der Waals surface area (Å²) in [7, 11) is 1.96. The first-order valence-corrected chi connectivity index (χ1v) is 30.1. The summed E-state index contributed by atoms with van der Waals surface area (Å²) in [4.78, 5) is 91.0. The number of nitrogens with one attached hydrogen (secondary N) is 3.